The number of aliphatic hydroxyl groups excluding tert-OH is 1. The van der Waals surface area contributed by atoms with Gasteiger partial charge in [-0.1, -0.05) is 105 Å². The number of thiophene rings is 1. The van der Waals surface area contributed by atoms with Crippen molar-refractivity contribution in [1.82, 2.24) is 4.98 Å². The van der Waals surface area contributed by atoms with E-state index in [1.807, 2.05) is 59.1 Å². The van der Waals surface area contributed by atoms with E-state index in [1.54, 1.807) is 0 Å². The Labute approximate surface area is 328 Å². The van der Waals surface area contributed by atoms with Crippen LogP contribution in [0.1, 0.15) is 113 Å². The molecule has 4 nitrogen and oxygen atoms in total. The largest absolute Gasteiger partial charge is 0.512 e. The second-order valence-corrected chi connectivity index (χ2v) is 17.0. The van der Waals surface area contributed by atoms with Crippen molar-refractivity contribution in [2.45, 2.75) is 114 Å². The normalized spacial score (nSPS) is 12.8. The molecule has 0 saturated carbocycles. The fourth-order valence-corrected chi connectivity index (χ4v) is 7.92. The maximum absolute atomic E-state index is 12.2. The molecule has 0 aliphatic rings. The van der Waals surface area contributed by atoms with Crippen LogP contribution in [0.25, 0.3) is 54.1 Å². The number of furan rings is 1. The molecule has 0 aliphatic heterocycles. The Morgan fingerprint density at radius 3 is 2.17 bits per heavy atom. The Morgan fingerprint density at radius 2 is 1.56 bits per heavy atom. The second-order valence-electron chi connectivity index (χ2n) is 16.1. The summed E-state index contributed by atoms with van der Waals surface area (Å²) in [5.41, 5.74) is 5.73. The van der Waals surface area contributed by atoms with Crippen molar-refractivity contribution in [1.29, 1.82) is 0 Å². The van der Waals surface area contributed by atoms with E-state index in [0.717, 1.165) is 65.3 Å². The number of ketones is 1. The minimum atomic E-state index is -0.337. The standard InChI is InChI=1S/C31H28NOS.C15H28O2.Ir/c1-18(2)14-21-17-34-30-23(21)10-11-26-27(30)24-12-13-32-28(29(24)33-26)20-15-19-8-6-7-9-22(19)25(16-20)31(3,4)5;1-7-14(5,8-2)12(16)11-13(17)15(6,9-3)10-4;/h6-13,16-18H,14H2,1-5H3;11,16H,7-10H2,1-6H3;/q-1;;/b;12-11-;. The van der Waals surface area contributed by atoms with Crippen molar-refractivity contribution >= 4 is 59.9 Å². The van der Waals surface area contributed by atoms with Crippen molar-refractivity contribution in [2.24, 2.45) is 16.7 Å². The fourth-order valence-electron chi connectivity index (χ4n) is 6.78. The molecule has 0 spiro atoms. The monoisotopic (exact) mass is 895 g/mol. The first-order valence-corrected chi connectivity index (χ1v) is 19.6. The molecular weight excluding hydrogens is 839 g/mol. The van der Waals surface area contributed by atoms with Gasteiger partial charge in [0.25, 0.3) is 0 Å². The van der Waals surface area contributed by atoms with Gasteiger partial charge in [0, 0.05) is 64.4 Å². The minimum absolute atomic E-state index is 0. The van der Waals surface area contributed by atoms with E-state index in [9.17, 15) is 9.90 Å². The molecule has 1 radical (unpaired) electrons. The van der Waals surface area contributed by atoms with Crippen molar-refractivity contribution < 1.29 is 34.4 Å². The van der Waals surface area contributed by atoms with Gasteiger partial charge in [-0.25, -0.2) is 0 Å². The summed E-state index contributed by atoms with van der Waals surface area (Å²) in [6.45, 7) is 23.4. The Hall–Kier alpha value is -3.31. The predicted molar refractivity (Wildman–Crippen MR) is 219 cm³/mol. The molecule has 6 heteroatoms. The molecular formula is C46H56IrNO3S-. The SMILES string of the molecule is CC(C)Cc1csc2c1ccc1oc3c(-c4[c-]c5ccccc5c(C(C)(C)C)c4)nccc3c12.CCC(C)(CC)C(=O)/C=C(\O)C(C)(CC)CC.[Ir]. The van der Waals surface area contributed by atoms with Crippen LogP contribution in [0.2, 0.25) is 0 Å². The van der Waals surface area contributed by atoms with E-state index < -0.39 is 0 Å². The number of carbonyl (C=O) groups excluding carboxylic acids is 1. The van der Waals surface area contributed by atoms with Gasteiger partial charge >= 0.3 is 0 Å². The number of carbonyl (C=O) groups is 1. The Balaban J connectivity index is 0.000000289. The van der Waals surface area contributed by atoms with Gasteiger partial charge < -0.3 is 9.52 Å². The number of allylic oxidation sites excluding steroid dienone is 2. The van der Waals surface area contributed by atoms with E-state index >= 15 is 0 Å². The van der Waals surface area contributed by atoms with Crippen LogP contribution >= 0.6 is 11.3 Å². The average Bonchev–Trinajstić information content (AvgIpc) is 3.70. The van der Waals surface area contributed by atoms with Gasteiger partial charge in [0.15, 0.2) is 5.78 Å². The van der Waals surface area contributed by atoms with Crippen LogP contribution in [0.15, 0.2) is 76.4 Å². The van der Waals surface area contributed by atoms with Crippen LogP contribution in [0.3, 0.4) is 0 Å². The maximum atomic E-state index is 12.2. The van der Waals surface area contributed by atoms with E-state index in [4.69, 9.17) is 9.40 Å². The first-order chi connectivity index (χ1) is 24.1. The van der Waals surface area contributed by atoms with Crippen molar-refractivity contribution in [3.8, 4) is 11.3 Å². The third-order valence-corrected chi connectivity index (χ3v) is 12.3. The molecule has 0 fully saturated rings. The molecule has 0 bridgehead atoms. The molecule has 0 aliphatic carbocycles. The second kappa shape index (κ2) is 16.4. The molecule has 0 unspecified atom stereocenters. The molecule has 0 atom stereocenters. The molecule has 1 N–H and O–H groups in total. The van der Waals surface area contributed by atoms with E-state index in [-0.39, 0.29) is 47.9 Å². The number of aromatic nitrogens is 1. The van der Waals surface area contributed by atoms with E-state index in [1.165, 1.54) is 38.1 Å². The minimum Gasteiger partial charge on any atom is -0.512 e. The molecule has 3 aromatic heterocycles. The summed E-state index contributed by atoms with van der Waals surface area (Å²) in [4.78, 5) is 17.0. The third kappa shape index (κ3) is 8.10. The molecule has 279 valence electrons. The Morgan fingerprint density at radius 1 is 0.904 bits per heavy atom. The van der Waals surface area contributed by atoms with Crippen molar-refractivity contribution in [2.75, 3.05) is 0 Å². The first-order valence-electron chi connectivity index (χ1n) is 18.7. The number of fused-ring (bicyclic) bond motifs is 6. The zero-order chi connectivity index (χ0) is 37.3. The number of hydrogen-bond donors (Lipinski definition) is 1. The van der Waals surface area contributed by atoms with Gasteiger partial charge in [0.05, 0.1) is 0 Å². The van der Waals surface area contributed by atoms with Gasteiger partial charge in [-0.15, -0.1) is 40.5 Å². The molecule has 6 aromatic rings. The number of nitrogens with zero attached hydrogens (tertiary/aromatic N) is 1. The smallest absolute Gasteiger partial charge is 0.164 e. The molecule has 3 heterocycles. The van der Waals surface area contributed by atoms with E-state index in [0.29, 0.717) is 5.92 Å². The molecule has 6 rings (SSSR count). The fraction of sp³-hybridized carbons (Fsp3) is 0.435. The number of rotatable bonds is 10. The maximum Gasteiger partial charge on any atom is 0.164 e. The van der Waals surface area contributed by atoms with Gasteiger partial charge in [-0.3, -0.25) is 9.78 Å². The van der Waals surface area contributed by atoms with Gasteiger partial charge in [0.2, 0.25) is 0 Å². The quantitative estimate of drug-likeness (QED) is 0.0845. The van der Waals surface area contributed by atoms with Crippen LogP contribution < -0.4 is 0 Å². The van der Waals surface area contributed by atoms with Crippen LogP contribution in [0.5, 0.6) is 0 Å². The zero-order valence-corrected chi connectivity index (χ0v) is 36.1. The van der Waals surface area contributed by atoms with Crippen LogP contribution in [-0.4, -0.2) is 15.9 Å². The van der Waals surface area contributed by atoms with Gasteiger partial charge in [-0.05, 0) is 78.0 Å². The molecule has 3 aromatic carbocycles. The Bertz CT molecular complexity index is 2210. The van der Waals surface area contributed by atoms with E-state index in [2.05, 4.69) is 94.6 Å². The average molecular weight is 895 g/mol. The molecule has 0 saturated heterocycles. The van der Waals surface area contributed by atoms with Crippen molar-refractivity contribution in [3.05, 3.63) is 89.1 Å². The summed E-state index contributed by atoms with van der Waals surface area (Å²) in [6, 6.07) is 20.8. The van der Waals surface area contributed by atoms with Crippen LogP contribution in [0.4, 0.5) is 0 Å². The number of hydrogen-bond acceptors (Lipinski definition) is 5. The first kappa shape index (κ1) is 41.4. The van der Waals surface area contributed by atoms with Gasteiger partial charge in [-0.2, -0.15) is 0 Å². The van der Waals surface area contributed by atoms with Gasteiger partial charge in [0.1, 0.15) is 16.9 Å². The summed E-state index contributed by atoms with van der Waals surface area (Å²) in [7, 11) is 0. The van der Waals surface area contributed by atoms with Crippen LogP contribution in [-0.2, 0) is 36.7 Å². The predicted octanol–water partition coefficient (Wildman–Crippen LogP) is 14.0. The molecule has 0 amide bonds. The summed E-state index contributed by atoms with van der Waals surface area (Å²) >= 11 is 1.83. The number of aliphatic hydroxyl groups is 1. The summed E-state index contributed by atoms with van der Waals surface area (Å²) in [5, 5.41) is 18.5. The number of pyridine rings is 1. The topological polar surface area (TPSA) is 63.3 Å². The Kier molecular flexibility index (Phi) is 13.0. The van der Waals surface area contributed by atoms with Crippen LogP contribution in [0, 0.1) is 22.8 Å². The summed E-state index contributed by atoms with van der Waals surface area (Å²) in [5.74, 6) is 0.916. The summed E-state index contributed by atoms with van der Waals surface area (Å²) < 4.78 is 7.81. The van der Waals surface area contributed by atoms with Crippen molar-refractivity contribution in [3.63, 3.8) is 0 Å². The zero-order valence-electron chi connectivity index (χ0n) is 32.9. The summed E-state index contributed by atoms with van der Waals surface area (Å²) in [6.07, 6.45) is 7.76. The third-order valence-electron chi connectivity index (χ3n) is 11.2. The molecule has 52 heavy (non-hydrogen) atoms. The number of benzene rings is 3.